The molecular weight excluding hydrogens is 220 g/mol. The van der Waals surface area contributed by atoms with Gasteiger partial charge in [0.15, 0.2) is 0 Å². The fraction of sp³-hybridized carbons (Fsp3) is 0.818. The van der Waals surface area contributed by atoms with Crippen LogP contribution in [0.2, 0.25) is 0 Å². The van der Waals surface area contributed by atoms with E-state index in [1.807, 2.05) is 7.05 Å². The third kappa shape index (κ3) is 3.41. The largest absolute Gasteiger partial charge is 0.370 e. The van der Waals surface area contributed by atoms with Crippen LogP contribution in [-0.2, 0) is 9.59 Å². The summed E-state index contributed by atoms with van der Waals surface area (Å²) in [5.74, 6) is -0.725. The van der Waals surface area contributed by atoms with E-state index in [-0.39, 0.29) is 12.3 Å². The van der Waals surface area contributed by atoms with Crippen LogP contribution in [0.5, 0.6) is 0 Å². The molecule has 3 unspecified atom stereocenters. The van der Waals surface area contributed by atoms with Crippen LogP contribution < -0.4 is 11.5 Å². The highest BCUT2D eigenvalue weighted by Crippen LogP contribution is 2.14. The third-order valence-electron chi connectivity index (χ3n) is 3.41. The average molecular weight is 242 g/mol. The standard InChI is InChI=1S/C11H22N4O2/c1-7-5-15(6-8(2)14(7)3)11(17)9(12)4-10(13)16/h7-9H,4-6,12H2,1-3H3,(H2,13,16). The van der Waals surface area contributed by atoms with E-state index in [0.29, 0.717) is 25.2 Å². The molecule has 0 aromatic heterocycles. The lowest BCUT2D eigenvalue weighted by molar-refractivity contribution is -0.138. The molecule has 98 valence electrons. The van der Waals surface area contributed by atoms with Crippen LogP contribution >= 0.6 is 0 Å². The summed E-state index contributed by atoms with van der Waals surface area (Å²) in [6.07, 6.45) is -0.0894. The zero-order valence-electron chi connectivity index (χ0n) is 10.7. The second-order valence-corrected chi connectivity index (χ2v) is 4.88. The third-order valence-corrected chi connectivity index (χ3v) is 3.41. The van der Waals surface area contributed by atoms with Gasteiger partial charge in [0, 0.05) is 25.2 Å². The van der Waals surface area contributed by atoms with Gasteiger partial charge in [-0.1, -0.05) is 0 Å². The van der Waals surface area contributed by atoms with Crippen molar-refractivity contribution in [3.05, 3.63) is 0 Å². The lowest BCUT2D eigenvalue weighted by atomic mass is 10.1. The summed E-state index contributed by atoms with van der Waals surface area (Å²) in [5, 5.41) is 0. The minimum atomic E-state index is -0.810. The highest BCUT2D eigenvalue weighted by molar-refractivity contribution is 5.87. The Balaban J connectivity index is 2.61. The Labute approximate surface area is 102 Å². The summed E-state index contributed by atoms with van der Waals surface area (Å²) >= 11 is 0. The molecule has 6 nitrogen and oxygen atoms in total. The molecule has 6 heteroatoms. The predicted octanol–water partition coefficient (Wildman–Crippen LogP) is -1.26. The van der Waals surface area contributed by atoms with Crippen molar-refractivity contribution < 1.29 is 9.59 Å². The van der Waals surface area contributed by atoms with Crippen molar-refractivity contribution in [2.24, 2.45) is 11.5 Å². The van der Waals surface area contributed by atoms with Gasteiger partial charge in [-0.05, 0) is 20.9 Å². The summed E-state index contributed by atoms with van der Waals surface area (Å²) < 4.78 is 0. The van der Waals surface area contributed by atoms with Crippen LogP contribution in [0, 0.1) is 0 Å². The normalized spacial score (nSPS) is 27.9. The Hall–Kier alpha value is -1.14. The van der Waals surface area contributed by atoms with Gasteiger partial charge >= 0.3 is 0 Å². The van der Waals surface area contributed by atoms with E-state index in [1.54, 1.807) is 4.90 Å². The molecule has 1 aliphatic heterocycles. The Kier molecular flexibility index (Phi) is 4.47. The Morgan fingerprint density at radius 3 is 2.18 bits per heavy atom. The number of hydrogen-bond acceptors (Lipinski definition) is 4. The molecule has 0 bridgehead atoms. The van der Waals surface area contributed by atoms with E-state index in [0.717, 1.165) is 0 Å². The first-order valence-electron chi connectivity index (χ1n) is 5.87. The predicted molar refractivity (Wildman–Crippen MR) is 65.1 cm³/mol. The molecule has 1 saturated heterocycles. The fourth-order valence-corrected chi connectivity index (χ4v) is 2.12. The van der Waals surface area contributed by atoms with Gasteiger partial charge in [-0.3, -0.25) is 14.5 Å². The second kappa shape index (κ2) is 5.46. The van der Waals surface area contributed by atoms with Crippen molar-refractivity contribution in [1.82, 2.24) is 9.80 Å². The van der Waals surface area contributed by atoms with Gasteiger partial charge in [-0.25, -0.2) is 0 Å². The Bertz CT molecular complexity index is 296. The number of likely N-dealkylation sites (N-methyl/N-ethyl adjacent to an activating group) is 1. The minimum Gasteiger partial charge on any atom is -0.370 e. The number of carbonyl (C=O) groups excluding carboxylic acids is 2. The molecule has 17 heavy (non-hydrogen) atoms. The van der Waals surface area contributed by atoms with Crippen molar-refractivity contribution >= 4 is 11.8 Å². The van der Waals surface area contributed by atoms with Gasteiger partial charge in [0.25, 0.3) is 0 Å². The van der Waals surface area contributed by atoms with E-state index in [9.17, 15) is 9.59 Å². The molecule has 1 aliphatic rings. The highest BCUT2D eigenvalue weighted by atomic mass is 16.2. The topological polar surface area (TPSA) is 92.7 Å². The van der Waals surface area contributed by atoms with Gasteiger partial charge in [-0.15, -0.1) is 0 Å². The van der Waals surface area contributed by atoms with Gasteiger partial charge in [-0.2, -0.15) is 0 Å². The molecule has 0 aliphatic carbocycles. The minimum absolute atomic E-state index is 0.0894. The molecule has 4 N–H and O–H groups in total. The summed E-state index contributed by atoms with van der Waals surface area (Å²) in [7, 11) is 2.04. The summed E-state index contributed by atoms with van der Waals surface area (Å²) in [6, 6.07) is -0.220. The second-order valence-electron chi connectivity index (χ2n) is 4.88. The summed E-state index contributed by atoms with van der Waals surface area (Å²) in [4.78, 5) is 26.7. The molecule has 0 saturated carbocycles. The number of primary amides is 1. The van der Waals surface area contributed by atoms with Crippen LogP contribution in [0.4, 0.5) is 0 Å². The number of piperazine rings is 1. The van der Waals surface area contributed by atoms with E-state index in [4.69, 9.17) is 11.5 Å². The van der Waals surface area contributed by atoms with Crippen LogP contribution in [0.15, 0.2) is 0 Å². The van der Waals surface area contributed by atoms with E-state index in [1.165, 1.54) is 0 Å². The number of carbonyl (C=O) groups is 2. The van der Waals surface area contributed by atoms with Gasteiger partial charge < -0.3 is 16.4 Å². The molecule has 3 atom stereocenters. The summed E-state index contributed by atoms with van der Waals surface area (Å²) in [5.41, 5.74) is 10.7. The summed E-state index contributed by atoms with van der Waals surface area (Å²) in [6.45, 7) is 5.42. The molecular formula is C11H22N4O2. The zero-order chi connectivity index (χ0) is 13.2. The molecule has 0 radical (unpaired) electrons. The lowest BCUT2D eigenvalue weighted by Crippen LogP contribution is -2.59. The molecule has 2 amide bonds. The van der Waals surface area contributed by atoms with Crippen molar-refractivity contribution in [2.45, 2.75) is 38.4 Å². The van der Waals surface area contributed by atoms with Crippen LogP contribution in [0.1, 0.15) is 20.3 Å². The maximum Gasteiger partial charge on any atom is 0.240 e. The maximum absolute atomic E-state index is 12.0. The SMILES string of the molecule is CC1CN(C(=O)C(N)CC(N)=O)CC(C)N1C. The zero-order valence-corrected chi connectivity index (χ0v) is 10.7. The average Bonchev–Trinajstić information content (AvgIpc) is 2.23. The molecule has 0 spiro atoms. The Morgan fingerprint density at radius 1 is 1.29 bits per heavy atom. The van der Waals surface area contributed by atoms with E-state index in [2.05, 4.69) is 18.7 Å². The number of amides is 2. The highest BCUT2D eigenvalue weighted by Gasteiger charge is 2.31. The molecule has 1 rings (SSSR count). The lowest BCUT2D eigenvalue weighted by Gasteiger charge is -2.43. The van der Waals surface area contributed by atoms with E-state index < -0.39 is 11.9 Å². The smallest absolute Gasteiger partial charge is 0.240 e. The van der Waals surface area contributed by atoms with Crippen molar-refractivity contribution in [2.75, 3.05) is 20.1 Å². The molecule has 1 heterocycles. The van der Waals surface area contributed by atoms with Crippen LogP contribution in [-0.4, -0.2) is 59.9 Å². The molecule has 0 aromatic carbocycles. The van der Waals surface area contributed by atoms with Gasteiger partial charge in [0.2, 0.25) is 11.8 Å². The monoisotopic (exact) mass is 242 g/mol. The van der Waals surface area contributed by atoms with Crippen LogP contribution in [0.25, 0.3) is 0 Å². The number of rotatable bonds is 3. The maximum atomic E-state index is 12.0. The van der Waals surface area contributed by atoms with Gasteiger partial charge in [0.1, 0.15) is 0 Å². The first kappa shape index (κ1) is 13.9. The van der Waals surface area contributed by atoms with Crippen molar-refractivity contribution in [3.63, 3.8) is 0 Å². The number of nitrogens with zero attached hydrogens (tertiary/aromatic N) is 2. The quantitative estimate of drug-likeness (QED) is 0.646. The number of nitrogens with two attached hydrogens (primary N) is 2. The van der Waals surface area contributed by atoms with Crippen LogP contribution in [0.3, 0.4) is 0 Å². The fourth-order valence-electron chi connectivity index (χ4n) is 2.12. The van der Waals surface area contributed by atoms with Gasteiger partial charge in [0.05, 0.1) is 12.5 Å². The first-order chi connectivity index (χ1) is 7.82. The molecule has 1 fully saturated rings. The Morgan fingerprint density at radius 2 is 1.76 bits per heavy atom. The molecule has 0 aromatic rings. The van der Waals surface area contributed by atoms with E-state index >= 15 is 0 Å². The van der Waals surface area contributed by atoms with Crippen molar-refractivity contribution in [1.29, 1.82) is 0 Å². The number of hydrogen-bond donors (Lipinski definition) is 2. The van der Waals surface area contributed by atoms with Crippen molar-refractivity contribution in [3.8, 4) is 0 Å². The first-order valence-corrected chi connectivity index (χ1v) is 5.87.